The highest BCUT2D eigenvalue weighted by Crippen LogP contribution is 2.09. The minimum absolute atomic E-state index is 1.07. The Morgan fingerprint density at radius 3 is 2.47 bits per heavy atom. The molecule has 0 aliphatic carbocycles. The number of unbranched alkanes of at least 4 members (excludes halogenated alkanes) is 2. The molecular weight excluding hydrogens is 208 g/mol. The normalized spacial score (nSPS) is 10.6. The van der Waals surface area contributed by atoms with Gasteiger partial charge in [-0.2, -0.15) is 0 Å². The van der Waals surface area contributed by atoms with E-state index in [0.717, 1.165) is 12.2 Å². The first-order chi connectivity index (χ1) is 8.34. The van der Waals surface area contributed by atoms with Crippen molar-refractivity contribution in [3.63, 3.8) is 0 Å². The fourth-order valence-corrected chi connectivity index (χ4v) is 1.99. The van der Waals surface area contributed by atoms with Crippen LogP contribution in [-0.2, 0) is 12.8 Å². The first-order valence-electron chi connectivity index (χ1n) is 6.38. The monoisotopic (exact) mass is 228 g/mol. The fourth-order valence-electron chi connectivity index (χ4n) is 1.99. The molecule has 0 saturated heterocycles. The standard InChI is InChI=1S/C15H20N2/c1-13-7-9-14(10-8-13)5-3-2-4-6-15-16-11-12-17-15/h7-12H,2-6H2,1H3,(H,16,17). The predicted molar refractivity (Wildman–Crippen MR) is 71.0 cm³/mol. The Labute approximate surface area is 103 Å². The van der Waals surface area contributed by atoms with E-state index < -0.39 is 0 Å². The van der Waals surface area contributed by atoms with Gasteiger partial charge >= 0.3 is 0 Å². The molecule has 1 aromatic heterocycles. The first-order valence-corrected chi connectivity index (χ1v) is 6.38. The Bertz CT molecular complexity index is 415. The summed E-state index contributed by atoms with van der Waals surface area (Å²) in [6.07, 6.45) is 9.74. The predicted octanol–water partition coefficient (Wildman–Crippen LogP) is 3.67. The zero-order chi connectivity index (χ0) is 11.9. The molecule has 0 saturated carbocycles. The van der Waals surface area contributed by atoms with E-state index in [0.29, 0.717) is 0 Å². The van der Waals surface area contributed by atoms with E-state index in [-0.39, 0.29) is 0 Å². The average Bonchev–Trinajstić information content (AvgIpc) is 2.84. The molecule has 0 bridgehead atoms. The van der Waals surface area contributed by atoms with E-state index in [2.05, 4.69) is 41.2 Å². The lowest BCUT2D eigenvalue weighted by molar-refractivity contribution is 0.665. The number of H-pyrrole nitrogens is 1. The van der Waals surface area contributed by atoms with Gasteiger partial charge in [-0.05, 0) is 31.7 Å². The highest BCUT2D eigenvalue weighted by atomic mass is 14.9. The molecule has 0 unspecified atom stereocenters. The molecule has 0 radical (unpaired) electrons. The van der Waals surface area contributed by atoms with Gasteiger partial charge in [0, 0.05) is 18.8 Å². The molecule has 1 aromatic carbocycles. The van der Waals surface area contributed by atoms with Crippen LogP contribution in [0.2, 0.25) is 0 Å². The molecular formula is C15H20N2. The number of aromatic nitrogens is 2. The maximum atomic E-state index is 4.23. The summed E-state index contributed by atoms with van der Waals surface area (Å²) in [5.74, 6) is 1.11. The second-order valence-electron chi connectivity index (χ2n) is 4.58. The molecule has 2 rings (SSSR count). The Morgan fingerprint density at radius 1 is 1.00 bits per heavy atom. The number of imidazole rings is 1. The Hall–Kier alpha value is -1.57. The Morgan fingerprint density at radius 2 is 1.76 bits per heavy atom. The van der Waals surface area contributed by atoms with Crippen molar-refractivity contribution in [1.82, 2.24) is 9.97 Å². The second-order valence-corrected chi connectivity index (χ2v) is 4.58. The third-order valence-electron chi connectivity index (χ3n) is 3.05. The van der Waals surface area contributed by atoms with Gasteiger partial charge in [-0.1, -0.05) is 36.2 Å². The third-order valence-corrected chi connectivity index (χ3v) is 3.05. The number of rotatable bonds is 6. The molecule has 90 valence electrons. The summed E-state index contributed by atoms with van der Waals surface area (Å²) in [5, 5.41) is 0. The van der Waals surface area contributed by atoms with Crippen molar-refractivity contribution in [1.29, 1.82) is 0 Å². The molecule has 2 aromatic rings. The SMILES string of the molecule is Cc1ccc(CCCCCc2ncc[nH]2)cc1. The Kier molecular flexibility index (Phi) is 4.37. The van der Waals surface area contributed by atoms with Crippen molar-refractivity contribution < 1.29 is 0 Å². The minimum atomic E-state index is 1.07. The highest BCUT2D eigenvalue weighted by Gasteiger charge is 1.96. The lowest BCUT2D eigenvalue weighted by atomic mass is 10.0. The molecule has 1 heterocycles. The summed E-state index contributed by atoms with van der Waals surface area (Å²) in [5.41, 5.74) is 2.79. The van der Waals surface area contributed by atoms with E-state index in [9.17, 15) is 0 Å². The van der Waals surface area contributed by atoms with Crippen molar-refractivity contribution >= 4 is 0 Å². The smallest absolute Gasteiger partial charge is 0.105 e. The lowest BCUT2D eigenvalue weighted by Crippen LogP contribution is -1.90. The van der Waals surface area contributed by atoms with E-state index >= 15 is 0 Å². The highest BCUT2D eigenvalue weighted by molar-refractivity contribution is 5.21. The van der Waals surface area contributed by atoms with Crippen LogP contribution in [0, 0.1) is 6.92 Å². The fraction of sp³-hybridized carbons (Fsp3) is 0.400. The summed E-state index contributed by atoms with van der Waals surface area (Å²) in [4.78, 5) is 7.37. The number of aromatic amines is 1. The van der Waals surface area contributed by atoms with Gasteiger partial charge in [-0.3, -0.25) is 0 Å². The van der Waals surface area contributed by atoms with Crippen molar-refractivity contribution in [2.45, 2.75) is 39.0 Å². The van der Waals surface area contributed by atoms with E-state index in [4.69, 9.17) is 0 Å². The quantitative estimate of drug-likeness (QED) is 0.751. The van der Waals surface area contributed by atoms with Crippen LogP contribution in [0.25, 0.3) is 0 Å². The zero-order valence-corrected chi connectivity index (χ0v) is 10.4. The van der Waals surface area contributed by atoms with E-state index in [1.165, 1.54) is 36.8 Å². The van der Waals surface area contributed by atoms with Gasteiger partial charge in [0.15, 0.2) is 0 Å². The topological polar surface area (TPSA) is 28.7 Å². The number of benzene rings is 1. The number of hydrogen-bond donors (Lipinski definition) is 1. The summed E-state index contributed by atoms with van der Waals surface area (Å²) < 4.78 is 0. The molecule has 1 N–H and O–H groups in total. The zero-order valence-electron chi connectivity index (χ0n) is 10.4. The molecule has 17 heavy (non-hydrogen) atoms. The molecule has 0 aliphatic rings. The van der Waals surface area contributed by atoms with Gasteiger partial charge in [-0.25, -0.2) is 4.98 Å². The number of aryl methyl sites for hydroxylation is 3. The van der Waals surface area contributed by atoms with Crippen LogP contribution in [0.15, 0.2) is 36.7 Å². The molecule has 2 heteroatoms. The Balaban J connectivity index is 1.61. The van der Waals surface area contributed by atoms with Crippen molar-refractivity contribution in [2.75, 3.05) is 0 Å². The second kappa shape index (κ2) is 6.24. The third kappa shape index (κ3) is 4.06. The van der Waals surface area contributed by atoms with Crippen LogP contribution >= 0.6 is 0 Å². The van der Waals surface area contributed by atoms with Crippen LogP contribution in [0.1, 0.15) is 36.2 Å². The van der Waals surface area contributed by atoms with Crippen molar-refractivity contribution in [3.05, 3.63) is 53.6 Å². The largest absolute Gasteiger partial charge is 0.349 e. The number of nitrogens with zero attached hydrogens (tertiary/aromatic N) is 1. The van der Waals surface area contributed by atoms with Gasteiger partial charge < -0.3 is 4.98 Å². The maximum absolute atomic E-state index is 4.23. The molecule has 0 amide bonds. The van der Waals surface area contributed by atoms with Gasteiger partial charge in [0.25, 0.3) is 0 Å². The van der Waals surface area contributed by atoms with Crippen LogP contribution < -0.4 is 0 Å². The minimum Gasteiger partial charge on any atom is -0.349 e. The summed E-state index contributed by atoms with van der Waals surface area (Å²) in [6, 6.07) is 8.86. The van der Waals surface area contributed by atoms with E-state index in [1.807, 2.05) is 12.4 Å². The molecule has 0 aliphatic heterocycles. The first kappa shape index (κ1) is 11.9. The molecule has 0 spiro atoms. The molecule has 0 atom stereocenters. The maximum Gasteiger partial charge on any atom is 0.105 e. The van der Waals surface area contributed by atoms with Crippen molar-refractivity contribution in [2.24, 2.45) is 0 Å². The number of hydrogen-bond acceptors (Lipinski definition) is 1. The lowest BCUT2D eigenvalue weighted by Gasteiger charge is -2.02. The van der Waals surface area contributed by atoms with Gasteiger partial charge in [-0.15, -0.1) is 0 Å². The summed E-state index contributed by atoms with van der Waals surface area (Å²) in [7, 11) is 0. The van der Waals surface area contributed by atoms with Gasteiger partial charge in [0.2, 0.25) is 0 Å². The van der Waals surface area contributed by atoms with Crippen LogP contribution in [-0.4, -0.2) is 9.97 Å². The molecule has 0 fully saturated rings. The summed E-state index contributed by atoms with van der Waals surface area (Å²) >= 11 is 0. The average molecular weight is 228 g/mol. The van der Waals surface area contributed by atoms with Crippen LogP contribution in [0.5, 0.6) is 0 Å². The van der Waals surface area contributed by atoms with E-state index in [1.54, 1.807) is 0 Å². The van der Waals surface area contributed by atoms with Crippen LogP contribution in [0.3, 0.4) is 0 Å². The number of nitrogens with one attached hydrogen (secondary N) is 1. The van der Waals surface area contributed by atoms with Crippen LogP contribution in [0.4, 0.5) is 0 Å². The van der Waals surface area contributed by atoms with Gasteiger partial charge in [0.1, 0.15) is 5.82 Å². The van der Waals surface area contributed by atoms with Crippen molar-refractivity contribution in [3.8, 4) is 0 Å². The molecule has 2 nitrogen and oxygen atoms in total. The van der Waals surface area contributed by atoms with Gasteiger partial charge in [0.05, 0.1) is 0 Å². The summed E-state index contributed by atoms with van der Waals surface area (Å²) in [6.45, 7) is 2.13.